The minimum atomic E-state index is -3.33. The number of hydrogen-bond donors (Lipinski definition) is 0. The number of carbonyl (C=O) groups is 1. The Labute approximate surface area is 146 Å². The first kappa shape index (κ1) is 16.9. The van der Waals surface area contributed by atoms with Gasteiger partial charge in [-0.3, -0.25) is 9.69 Å². The van der Waals surface area contributed by atoms with E-state index in [1.165, 1.54) is 4.31 Å². The van der Waals surface area contributed by atoms with E-state index in [9.17, 15) is 13.2 Å². The molecule has 1 unspecified atom stereocenters. The average molecular weight is 367 g/mol. The molecule has 3 heterocycles. The molecular formula is C16H21N3O5S. The van der Waals surface area contributed by atoms with E-state index < -0.39 is 15.6 Å². The van der Waals surface area contributed by atoms with E-state index in [1.807, 2.05) is 6.07 Å². The van der Waals surface area contributed by atoms with Crippen LogP contribution in [-0.2, 0) is 24.3 Å². The van der Waals surface area contributed by atoms with Crippen molar-refractivity contribution in [3.63, 3.8) is 0 Å². The molecule has 1 aromatic heterocycles. The molecule has 1 amide bonds. The van der Waals surface area contributed by atoms with Gasteiger partial charge >= 0.3 is 0 Å². The molecule has 1 saturated carbocycles. The molecule has 2 aliphatic heterocycles. The molecule has 0 bridgehead atoms. The maximum atomic E-state index is 12.7. The highest BCUT2D eigenvalue weighted by Crippen LogP contribution is 2.34. The first-order chi connectivity index (χ1) is 12.0. The highest BCUT2D eigenvalue weighted by molar-refractivity contribution is 7.90. The Morgan fingerprint density at radius 2 is 2.08 bits per heavy atom. The van der Waals surface area contributed by atoms with Crippen molar-refractivity contribution in [2.45, 2.75) is 23.7 Å². The summed E-state index contributed by atoms with van der Waals surface area (Å²) >= 11 is 0. The third-order valence-electron chi connectivity index (χ3n) is 4.80. The minimum Gasteiger partial charge on any atom is -0.377 e. The quantitative estimate of drug-likeness (QED) is 0.748. The number of amides is 1. The van der Waals surface area contributed by atoms with Crippen molar-refractivity contribution in [1.29, 1.82) is 0 Å². The molecule has 3 aliphatic rings. The Morgan fingerprint density at radius 3 is 2.80 bits per heavy atom. The monoisotopic (exact) mass is 367 g/mol. The maximum absolute atomic E-state index is 12.7. The standard InChI is InChI=1S/C16H21N3O5S/c20-15-9-24-16(11-19(15)14-3-1-2-6-17-14)10-18(7-8-23-12-16)25(21,22)13-4-5-13/h1-3,6,13H,4-5,7-12H2. The summed E-state index contributed by atoms with van der Waals surface area (Å²) < 4.78 is 38.3. The van der Waals surface area contributed by atoms with Crippen molar-refractivity contribution in [3.8, 4) is 0 Å². The van der Waals surface area contributed by atoms with Crippen LogP contribution in [0.5, 0.6) is 0 Å². The van der Waals surface area contributed by atoms with Crippen LogP contribution in [-0.4, -0.2) is 73.9 Å². The second-order valence-electron chi connectivity index (χ2n) is 6.77. The highest BCUT2D eigenvalue weighted by Gasteiger charge is 2.48. The zero-order valence-corrected chi connectivity index (χ0v) is 14.7. The predicted molar refractivity (Wildman–Crippen MR) is 89.6 cm³/mol. The molecule has 0 aromatic carbocycles. The molecule has 1 atom stereocenters. The van der Waals surface area contributed by atoms with E-state index in [4.69, 9.17) is 9.47 Å². The van der Waals surface area contributed by atoms with Crippen molar-refractivity contribution < 1.29 is 22.7 Å². The second kappa shape index (κ2) is 6.31. The van der Waals surface area contributed by atoms with Crippen LogP contribution in [0.4, 0.5) is 5.82 Å². The molecule has 8 nitrogen and oxygen atoms in total. The maximum Gasteiger partial charge on any atom is 0.254 e. The van der Waals surface area contributed by atoms with Crippen LogP contribution < -0.4 is 4.90 Å². The van der Waals surface area contributed by atoms with Gasteiger partial charge in [-0.05, 0) is 25.0 Å². The number of ether oxygens (including phenoxy) is 2. The molecule has 1 spiro atoms. The van der Waals surface area contributed by atoms with Gasteiger partial charge < -0.3 is 9.47 Å². The van der Waals surface area contributed by atoms with E-state index in [0.29, 0.717) is 31.8 Å². The number of aromatic nitrogens is 1. The number of morpholine rings is 1. The summed E-state index contributed by atoms with van der Waals surface area (Å²) in [6.45, 7) is 1.20. The van der Waals surface area contributed by atoms with Gasteiger partial charge in [0.2, 0.25) is 10.0 Å². The van der Waals surface area contributed by atoms with E-state index in [-0.39, 0.29) is 37.5 Å². The Bertz CT molecular complexity index is 752. The van der Waals surface area contributed by atoms with Crippen LogP contribution in [0.2, 0.25) is 0 Å². The summed E-state index contributed by atoms with van der Waals surface area (Å²) in [7, 11) is -3.33. The van der Waals surface area contributed by atoms with Gasteiger partial charge in [-0.25, -0.2) is 13.4 Å². The lowest BCUT2D eigenvalue weighted by Crippen LogP contribution is -2.61. The Morgan fingerprint density at radius 1 is 1.24 bits per heavy atom. The largest absolute Gasteiger partial charge is 0.377 e. The summed E-state index contributed by atoms with van der Waals surface area (Å²) in [5.74, 6) is 0.348. The average Bonchev–Trinajstić information content (AvgIpc) is 3.46. The molecule has 4 rings (SSSR count). The van der Waals surface area contributed by atoms with Crippen molar-refractivity contribution in [2.24, 2.45) is 0 Å². The van der Waals surface area contributed by atoms with Crippen molar-refractivity contribution in [1.82, 2.24) is 9.29 Å². The van der Waals surface area contributed by atoms with E-state index in [1.54, 1.807) is 23.2 Å². The van der Waals surface area contributed by atoms with Gasteiger partial charge in [-0.15, -0.1) is 0 Å². The van der Waals surface area contributed by atoms with Crippen molar-refractivity contribution >= 4 is 21.7 Å². The predicted octanol–water partition coefficient (Wildman–Crippen LogP) is 0.00800. The highest BCUT2D eigenvalue weighted by atomic mass is 32.2. The number of anilines is 1. The minimum absolute atomic E-state index is 0.114. The topological polar surface area (TPSA) is 89.0 Å². The molecule has 0 N–H and O–H groups in total. The lowest BCUT2D eigenvalue weighted by Gasteiger charge is -2.42. The van der Waals surface area contributed by atoms with Crippen LogP contribution in [0.3, 0.4) is 0 Å². The van der Waals surface area contributed by atoms with E-state index in [2.05, 4.69) is 4.98 Å². The summed E-state index contributed by atoms with van der Waals surface area (Å²) in [5, 5.41) is -0.278. The fourth-order valence-electron chi connectivity index (χ4n) is 3.28. The number of nitrogens with zero attached hydrogens (tertiary/aromatic N) is 3. The van der Waals surface area contributed by atoms with E-state index in [0.717, 1.165) is 0 Å². The number of carbonyl (C=O) groups excluding carboxylic acids is 1. The number of sulfonamides is 1. The third-order valence-corrected chi connectivity index (χ3v) is 7.14. The van der Waals surface area contributed by atoms with Crippen molar-refractivity contribution in [3.05, 3.63) is 24.4 Å². The third kappa shape index (κ3) is 3.29. The zero-order chi connectivity index (χ0) is 17.5. The van der Waals surface area contributed by atoms with Gasteiger partial charge in [0.15, 0.2) is 0 Å². The molecule has 2 saturated heterocycles. The van der Waals surface area contributed by atoms with Crippen LogP contribution >= 0.6 is 0 Å². The van der Waals surface area contributed by atoms with Crippen LogP contribution in [0.1, 0.15) is 12.8 Å². The second-order valence-corrected chi connectivity index (χ2v) is 8.98. The summed E-state index contributed by atoms with van der Waals surface area (Å²) in [6, 6.07) is 5.35. The number of hydrogen-bond acceptors (Lipinski definition) is 6. The summed E-state index contributed by atoms with van der Waals surface area (Å²) in [5.41, 5.74) is -0.871. The SMILES string of the molecule is O=C1COC2(COCCN(S(=O)(=O)C3CC3)C2)CN1c1ccccn1. The normalized spacial score (nSPS) is 29.0. The smallest absolute Gasteiger partial charge is 0.254 e. The Balaban J connectivity index is 1.60. The van der Waals surface area contributed by atoms with Gasteiger partial charge in [0.05, 0.1) is 25.0 Å². The molecular weight excluding hydrogens is 346 g/mol. The lowest BCUT2D eigenvalue weighted by atomic mass is 10.0. The Kier molecular flexibility index (Phi) is 4.27. The summed E-state index contributed by atoms with van der Waals surface area (Å²) in [6.07, 6.45) is 3.05. The summed E-state index contributed by atoms with van der Waals surface area (Å²) in [4.78, 5) is 18.1. The van der Waals surface area contributed by atoms with Crippen LogP contribution in [0.15, 0.2) is 24.4 Å². The molecule has 1 aliphatic carbocycles. The molecule has 136 valence electrons. The van der Waals surface area contributed by atoms with Crippen LogP contribution in [0, 0.1) is 0 Å². The van der Waals surface area contributed by atoms with Crippen LogP contribution in [0.25, 0.3) is 0 Å². The van der Waals surface area contributed by atoms with E-state index >= 15 is 0 Å². The first-order valence-electron chi connectivity index (χ1n) is 8.42. The molecule has 1 aromatic rings. The van der Waals surface area contributed by atoms with Gasteiger partial charge in [0.25, 0.3) is 5.91 Å². The zero-order valence-electron chi connectivity index (χ0n) is 13.8. The van der Waals surface area contributed by atoms with Gasteiger partial charge in [-0.2, -0.15) is 4.31 Å². The molecule has 25 heavy (non-hydrogen) atoms. The molecule has 0 radical (unpaired) electrons. The van der Waals surface area contributed by atoms with Gasteiger partial charge in [0.1, 0.15) is 18.0 Å². The molecule has 3 fully saturated rings. The number of pyridine rings is 1. The van der Waals surface area contributed by atoms with Gasteiger partial charge in [-0.1, -0.05) is 6.07 Å². The fraction of sp³-hybridized carbons (Fsp3) is 0.625. The number of rotatable bonds is 3. The first-order valence-corrected chi connectivity index (χ1v) is 9.93. The Hall–Kier alpha value is -1.55. The fourth-order valence-corrected chi connectivity index (χ4v) is 5.18. The van der Waals surface area contributed by atoms with Gasteiger partial charge in [0, 0.05) is 19.3 Å². The molecule has 9 heteroatoms. The van der Waals surface area contributed by atoms with Crippen molar-refractivity contribution in [2.75, 3.05) is 44.4 Å². The lowest BCUT2D eigenvalue weighted by molar-refractivity contribution is -0.145.